The van der Waals surface area contributed by atoms with Crippen LogP contribution in [-0.4, -0.2) is 36.0 Å². The standard InChI is InChI=1S/C26H22F12N2/c1-11-7-13(3)17(14(4)8-11)21(28)39-20(24(30,31)32)19(27)23(25(33,34)35,26(36,37)38)40-22(29)18-15(5)9-12(2)10-16(18)6/h7-10H,1-6H3/b20-19+,39-21?,40-22?. The Morgan fingerprint density at radius 2 is 0.875 bits per heavy atom. The van der Waals surface area contributed by atoms with Gasteiger partial charge in [0.25, 0.3) is 0 Å². The normalized spacial score (nSPS) is 14.9. The molecular weight excluding hydrogens is 568 g/mol. The van der Waals surface area contributed by atoms with Crippen LogP contribution in [0, 0.1) is 41.5 Å². The fourth-order valence-corrected chi connectivity index (χ4v) is 4.36. The third-order valence-electron chi connectivity index (χ3n) is 5.86. The van der Waals surface area contributed by atoms with E-state index in [1.165, 1.54) is 39.8 Å². The number of alkyl halides is 9. The molecule has 40 heavy (non-hydrogen) atoms. The predicted molar refractivity (Wildman–Crippen MR) is 126 cm³/mol. The van der Waals surface area contributed by atoms with Crippen molar-refractivity contribution in [2.24, 2.45) is 9.98 Å². The Morgan fingerprint density at radius 3 is 1.18 bits per heavy atom. The Hall–Kier alpha value is -3.32. The number of halogens is 12. The molecule has 0 bridgehead atoms. The zero-order valence-corrected chi connectivity index (χ0v) is 21.7. The van der Waals surface area contributed by atoms with Crippen molar-refractivity contribution < 1.29 is 52.7 Å². The monoisotopic (exact) mass is 590 g/mol. The van der Waals surface area contributed by atoms with Crippen LogP contribution in [0.4, 0.5) is 52.7 Å². The highest BCUT2D eigenvalue weighted by molar-refractivity contribution is 5.97. The van der Waals surface area contributed by atoms with Crippen LogP contribution >= 0.6 is 0 Å². The number of hydrogen-bond donors (Lipinski definition) is 0. The molecule has 0 fully saturated rings. The lowest BCUT2D eigenvalue weighted by Crippen LogP contribution is -2.57. The number of benzene rings is 2. The van der Waals surface area contributed by atoms with Gasteiger partial charge in [0.1, 0.15) is 0 Å². The molecule has 0 amide bonds. The molecule has 2 nitrogen and oxygen atoms in total. The second kappa shape index (κ2) is 10.9. The minimum absolute atomic E-state index is 0.0898. The van der Waals surface area contributed by atoms with Crippen LogP contribution < -0.4 is 0 Å². The van der Waals surface area contributed by atoms with E-state index < -0.39 is 58.6 Å². The Kier molecular flexibility index (Phi) is 8.98. The fraction of sp³-hybridized carbons (Fsp3) is 0.385. The summed E-state index contributed by atoms with van der Waals surface area (Å²) in [5.74, 6) is -8.86. The van der Waals surface area contributed by atoms with Gasteiger partial charge in [-0.15, -0.1) is 0 Å². The first-order valence-electron chi connectivity index (χ1n) is 11.2. The zero-order chi connectivity index (χ0) is 31.2. The van der Waals surface area contributed by atoms with Crippen molar-refractivity contribution in [3.05, 3.63) is 80.3 Å². The van der Waals surface area contributed by atoms with E-state index in [4.69, 9.17) is 0 Å². The van der Waals surface area contributed by atoms with Crippen LogP contribution in [0.15, 0.2) is 45.8 Å². The van der Waals surface area contributed by atoms with Gasteiger partial charge in [-0.05, 0) is 63.8 Å². The SMILES string of the molecule is Cc1cc(C)c(C(F)=N/C(=C(/F)C(N=C(F)c2c(C)cc(C)cc2C)(C(F)(F)F)C(F)(F)F)C(F)(F)F)c(C)c1. The summed E-state index contributed by atoms with van der Waals surface area (Å²) in [6, 6.07) is 4.79. The molecule has 0 spiro atoms. The van der Waals surface area contributed by atoms with Crippen LogP contribution in [0.3, 0.4) is 0 Å². The van der Waals surface area contributed by atoms with E-state index in [1.807, 2.05) is 4.99 Å². The van der Waals surface area contributed by atoms with Gasteiger partial charge in [-0.3, -0.25) is 0 Å². The molecule has 0 heterocycles. The summed E-state index contributed by atoms with van der Waals surface area (Å²) >= 11 is 0. The number of aryl methyl sites for hydroxylation is 6. The Labute approximate surface area is 221 Å². The number of allylic oxidation sites excluding steroid dienone is 1. The van der Waals surface area contributed by atoms with E-state index >= 15 is 8.78 Å². The highest BCUT2D eigenvalue weighted by Crippen LogP contribution is 2.54. The second-order valence-corrected chi connectivity index (χ2v) is 9.22. The van der Waals surface area contributed by atoms with Gasteiger partial charge in [0.05, 0.1) is 0 Å². The number of aliphatic imine (C=N–C) groups is 2. The highest BCUT2D eigenvalue weighted by atomic mass is 19.4. The van der Waals surface area contributed by atoms with Crippen LogP contribution in [0.2, 0.25) is 0 Å². The molecule has 0 saturated heterocycles. The lowest BCUT2D eigenvalue weighted by atomic mass is 9.93. The molecule has 2 aromatic carbocycles. The maximum Gasteiger partial charge on any atom is 0.436 e. The third kappa shape index (κ3) is 6.20. The highest BCUT2D eigenvalue weighted by Gasteiger charge is 2.76. The molecule has 2 rings (SSSR count). The van der Waals surface area contributed by atoms with Crippen molar-refractivity contribution in [2.45, 2.75) is 65.6 Å². The molecule has 0 aliphatic rings. The lowest BCUT2D eigenvalue weighted by Gasteiger charge is -2.33. The van der Waals surface area contributed by atoms with Crippen molar-refractivity contribution in [2.75, 3.05) is 0 Å². The molecule has 0 N–H and O–H groups in total. The fourth-order valence-electron chi connectivity index (χ4n) is 4.36. The third-order valence-corrected chi connectivity index (χ3v) is 5.86. The first kappa shape index (κ1) is 32.9. The van der Waals surface area contributed by atoms with Crippen LogP contribution in [0.25, 0.3) is 0 Å². The molecule has 0 atom stereocenters. The first-order valence-corrected chi connectivity index (χ1v) is 11.2. The summed E-state index contributed by atoms with van der Waals surface area (Å²) in [6.07, 6.45) is -20.5. The maximum absolute atomic E-state index is 15.3. The largest absolute Gasteiger partial charge is 0.436 e. The van der Waals surface area contributed by atoms with Gasteiger partial charge >= 0.3 is 24.1 Å². The van der Waals surface area contributed by atoms with Crippen LogP contribution in [0.1, 0.15) is 44.5 Å². The summed E-state index contributed by atoms with van der Waals surface area (Å²) in [5.41, 5.74) is -11.3. The Morgan fingerprint density at radius 1 is 0.550 bits per heavy atom. The minimum atomic E-state index is -7.03. The number of hydrogen-bond acceptors (Lipinski definition) is 2. The van der Waals surface area contributed by atoms with E-state index in [0.717, 1.165) is 26.0 Å². The number of nitrogens with zero attached hydrogens (tertiary/aromatic N) is 2. The molecule has 2 aromatic rings. The average Bonchev–Trinajstić information content (AvgIpc) is 2.71. The summed E-state index contributed by atoms with van der Waals surface area (Å²) < 4.78 is 171. The molecule has 0 unspecified atom stereocenters. The van der Waals surface area contributed by atoms with Gasteiger partial charge in [0.15, 0.2) is 11.5 Å². The lowest BCUT2D eigenvalue weighted by molar-refractivity contribution is -0.287. The Balaban J connectivity index is 3.10. The van der Waals surface area contributed by atoms with Gasteiger partial charge in [0, 0.05) is 11.1 Å². The molecule has 0 radical (unpaired) electrons. The predicted octanol–water partition coefficient (Wildman–Crippen LogP) is 9.28. The maximum atomic E-state index is 15.3. The van der Waals surface area contributed by atoms with Gasteiger partial charge in [0.2, 0.25) is 11.9 Å². The molecule has 220 valence electrons. The first-order chi connectivity index (χ1) is 18.0. The summed E-state index contributed by atoms with van der Waals surface area (Å²) in [4.78, 5) is 4.14. The van der Waals surface area contributed by atoms with Crippen molar-refractivity contribution in [1.82, 2.24) is 0 Å². The molecule has 0 aromatic heterocycles. The van der Waals surface area contributed by atoms with Gasteiger partial charge in [-0.25, -0.2) is 14.4 Å². The van der Waals surface area contributed by atoms with Crippen molar-refractivity contribution in [3.8, 4) is 0 Å². The van der Waals surface area contributed by atoms with E-state index in [1.54, 1.807) is 0 Å². The minimum Gasteiger partial charge on any atom is -0.225 e. The van der Waals surface area contributed by atoms with Gasteiger partial charge < -0.3 is 0 Å². The molecule has 0 aliphatic heterocycles. The number of rotatable bonds is 5. The van der Waals surface area contributed by atoms with E-state index in [-0.39, 0.29) is 22.3 Å². The molecule has 0 saturated carbocycles. The molecule has 0 aliphatic carbocycles. The molecule has 14 heteroatoms. The van der Waals surface area contributed by atoms with Crippen molar-refractivity contribution >= 4 is 11.9 Å². The van der Waals surface area contributed by atoms with E-state index in [0.29, 0.717) is 11.1 Å². The summed E-state index contributed by atoms with van der Waals surface area (Å²) in [7, 11) is 0. The van der Waals surface area contributed by atoms with Crippen LogP contribution in [0.5, 0.6) is 0 Å². The van der Waals surface area contributed by atoms with E-state index in [2.05, 4.69) is 4.99 Å². The average molecular weight is 590 g/mol. The van der Waals surface area contributed by atoms with Crippen molar-refractivity contribution in [3.63, 3.8) is 0 Å². The Bertz CT molecular complexity index is 1330. The zero-order valence-electron chi connectivity index (χ0n) is 21.7. The van der Waals surface area contributed by atoms with Crippen LogP contribution in [-0.2, 0) is 0 Å². The second-order valence-electron chi connectivity index (χ2n) is 9.22. The van der Waals surface area contributed by atoms with E-state index in [9.17, 15) is 43.9 Å². The van der Waals surface area contributed by atoms with Gasteiger partial charge in [-0.1, -0.05) is 35.4 Å². The molecular formula is C26H22F12N2. The van der Waals surface area contributed by atoms with Crippen molar-refractivity contribution in [1.29, 1.82) is 0 Å². The summed E-state index contributed by atoms with van der Waals surface area (Å²) in [6.45, 7) is 7.53. The quantitative estimate of drug-likeness (QED) is 0.245. The van der Waals surface area contributed by atoms with Gasteiger partial charge in [-0.2, -0.15) is 48.3 Å². The topological polar surface area (TPSA) is 24.7 Å². The summed E-state index contributed by atoms with van der Waals surface area (Å²) in [5, 5.41) is 0. The smallest absolute Gasteiger partial charge is 0.225 e.